The summed E-state index contributed by atoms with van der Waals surface area (Å²) < 4.78 is 37.6. The molecule has 1 aromatic heterocycles. The molecule has 0 fully saturated rings. The van der Waals surface area contributed by atoms with Gasteiger partial charge in [0.25, 0.3) is 5.56 Å². The summed E-state index contributed by atoms with van der Waals surface area (Å²) in [7, 11) is -4.19. The van der Waals surface area contributed by atoms with Crippen LogP contribution in [-0.2, 0) is 9.84 Å². The first-order chi connectivity index (χ1) is 8.80. The minimum atomic E-state index is -4.19. The quantitative estimate of drug-likeness (QED) is 0.793. The van der Waals surface area contributed by atoms with Crippen molar-refractivity contribution in [2.45, 2.75) is 17.0 Å². The Bertz CT molecular complexity index is 799. The van der Waals surface area contributed by atoms with E-state index >= 15 is 0 Å². The lowest BCUT2D eigenvalue weighted by Crippen LogP contribution is -2.15. The van der Waals surface area contributed by atoms with Gasteiger partial charge in [-0.15, -0.1) is 0 Å². The molecule has 0 spiro atoms. The van der Waals surface area contributed by atoms with Crippen LogP contribution in [0.15, 0.2) is 39.1 Å². The third kappa shape index (κ3) is 2.48. The number of sulfone groups is 1. The van der Waals surface area contributed by atoms with E-state index in [4.69, 9.17) is 5.11 Å². The molecule has 0 atom stereocenters. The normalized spacial score (nSPS) is 11.5. The van der Waals surface area contributed by atoms with E-state index in [0.29, 0.717) is 0 Å². The van der Waals surface area contributed by atoms with E-state index in [1.54, 1.807) is 0 Å². The largest absolute Gasteiger partial charge is 0.493 e. The zero-order valence-corrected chi connectivity index (χ0v) is 10.5. The van der Waals surface area contributed by atoms with Crippen molar-refractivity contribution >= 4 is 9.84 Å². The highest BCUT2D eigenvalue weighted by molar-refractivity contribution is 7.91. The summed E-state index contributed by atoms with van der Waals surface area (Å²) in [6.07, 6.45) is 0. The lowest BCUT2D eigenvalue weighted by Gasteiger charge is -2.05. The van der Waals surface area contributed by atoms with Crippen molar-refractivity contribution in [2.75, 3.05) is 0 Å². The van der Waals surface area contributed by atoms with Crippen molar-refractivity contribution in [3.8, 4) is 5.88 Å². The second kappa shape index (κ2) is 4.47. The number of hydrogen-bond donors (Lipinski definition) is 2. The third-order valence-corrected chi connectivity index (χ3v) is 3.99. The molecule has 2 aromatic rings. The van der Waals surface area contributed by atoms with Gasteiger partial charge in [0.1, 0.15) is 5.82 Å². The van der Waals surface area contributed by atoms with E-state index in [2.05, 4.69) is 4.98 Å². The van der Waals surface area contributed by atoms with Crippen molar-refractivity contribution in [3.05, 3.63) is 46.0 Å². The van der Waals surface area contributed by atoms with Gasteiger partial charge in [-0.2, -0.15) is 4.98 Å². The number of aryl methyl sites for hydroxylation is 1. The van der Waals surface area contributed by atoms with Crippen molar-refractivity contribution in [2.24, 2.45) is 0 Å². The molecule has 0 unspecified atom stereocenters. The first-order valence-corrected chi connectivity index (χ1v) is 6.60. The van der Waals surface area contributed by atoms with Crippen LogP contribution < -0.4 is 5.56 Å². The van der Waals surface area contributed by atoms with Crippen LogP contribution in [-0.4, -0.2) is 23.5 Å². The fraction of sp³-hybridized carbons (Fsp3) is 0.0909. The summed E-state index contributed by atoms with van der Waals surface area (Å²) in [4.78, 5) is 16.1. The van der Waals surface area contributed by atoms with Gasteiger partial charge in [-0.1, -0.05) is 6.07 Å². The van der Waals surface area contributed by atoms with E-state index in [-0.39, 0.29) is 10.5 Å². The van der Waals surface area contributed by atoms with Gasteiger partial charge in [-0.25, -0.2) is 12.8 Å². The topological polar surface area (TPSA) is 100 Å². The second-order valence-electron chi connectivity index (χ2n) is 3.82. The lowest BCUT2D eigenvalue weighted by molar-refractivity contribution is 0.441. The monoisotopic (exact) mass is 284 g/mol. The van der Waals surface area contributed by atoms with Crippen LogP contribution in [0.4, 0.5) is 4.39 Å². The van der Waals surface area contributed by atoms with Crippen molar-refractivity contribution in [1.82, 2.24) is 9.97 Å². The fourth-order valence-corrected chi connectivity index (χ4v) is 2.58. The fourth-order valence-electron chi connectivity index (χ4n) is 1.40. The molecule has 0 aliphatic heterocycles. The van der Waals surface area contributed by atoms with Gasteiger partial charge >= 0.3 is 0 Å². The molecule has 8 heteroatoms. The number of aromatic amines is 1. The van der Waals surface area contributed by atoms with Crippen LogP contribution in [0.1, 0.15) is 5.56 Å². The maximum absolute atomic E-state index is 13.4. The van der Waals surface area contributed by atoms with E-state index in [1.165, 1.54) is 19.1 Å². The van der Waals surface area contributed by atoms with Crippen molar-refractivity contribution < 1.29 is 17.9 Å². The van der Waals surface area contributed by atoms with E-state index in [1.807, 2.05) is 4.98 Å². The van der Waals surface area contributed by atoms with E-state index in [0.717, 1.165) is 12.1 Å². The average molecular weight is 284 g/mol. The molecular formula is C11H9FN2O4S. The Labute approximate surface area is 107 Å². The standard InChI is InChI=1S/C11H9FN2O4S/c1-6-2-3-7(4-8(6)12)19(17,18)11-13-9(15)5-10(16)14-11/h2-5H,1H3,(H2,13,14,15,16). The molecule has 0 saturated carbocycles. The SMILES string of the molecule is Cc1ccc(S(=O)(=O)c2nc(O)cc(=O)[nH]2)cc1F. The van der Waals surface area contributed by atoms with Gasteiger partial charge in [-0.05, 0) is 24.6 Å². The third-order valence-electron chi connectivity index (χ3n) is 2.41. The van der Waals surface area contributed by atoms with Gasteiger partial charge in [0, 0.05) is 0 Å². The predicted molar refractivity (Wildman–Crippen MR) is 63.1 cm³/mol. The maximum atomic E-state index is 13.4. The number of nitrogens with zero attached hydrogens (tertiary/aromatic N) is 1. The number of aromatic nitrogens is 2. The molecule has 0 bridgehead atoms. The lowest BCUT2D eigenvalue weighted by atomic mass is 10.2. The highest BCUT2D eigenvalue weighted by Gasteiger charge is 2.22. The number of halogens is 1. The highest BCUT2D eigenvalue weighted by atomic mass is 32.2. The van der Waals surface area contributed by atoms with E-state index in [9.17, 15) is 17.6 Å². The first-order valence-electron chi connectivity index (χ1n) is 5.12. The Morgan fingerprint density at radius 1 is 1.32 bits per heavy atom. The molecule has 0 amide bonds. The van der Waals surface area contributed by atoms with Gasteiger partial charge < -0.3 is 5.11 Å². The van der Waals surface area contributed by atoms with Crippen molar-refractivity contribution in [1.29, 1.82) is 0 Å². The Balaban J connectivity index is 2.65. The minimum Gasteiger partial charge on any atom is -0.493 e. The molecular weight excluding hydrogens is 275 g/mol. The molecule has 0 aliphatic rings. The smallest absolute Gasteiger partial charge is 0.255 e. The molecule has 0 saturated heterocycles. The second-order valence-corrected chi connectivity index (χ2v) is 5.69. The molecule has 0 radical (unpaired) electrons. The Morgan fingerprint density at radius 3 is 2.58 bits per heavy atom. The van der Waals surface area contributed by atoms with Crippen LogP contribution in [0.2, 0.25) is 0 Å². The van der Waals surface area contributed by atoms with Crippen LogP contribution >= 0.6 is 0 Å². The van der Waals surface area contributed by atoms with Crippen LogP contribution in [0, 0.1) is 12.7 Å². The number of rotatable bonds is 2. The minimum absolute atomic E-state index is 0.288. The Hall–Kier alpha value is -2.22. The molecule has 0 aliphatic carbocycles. The van der Waals surface area contributed by atoms with Gasteiger partial charge in [0.2, 0.25) is 20.9 Å². The zero-order valence-electron chi connectivity index (χ0n) is 9.71. The molecule has 1 aromatic carbocycles. The van der Waals surface area contributed by atoms with Crippen LogP contribution in [0.3, 0.4) is 0 Å². The number of hydrogen-bond acceptors (Lipinski definition) is 5. The molecule has 2 rings (SSSR count). The zero-order chi connectivity index (χ0) is 14.2. The summed E-state index contributed by atoms with van der Waals surface area (Å²) in [5.74, 6) is -1.42. The summed E-state index contributed by atoms with van der Waals surface area (Å²) >= 11 is 0. The van der Waals surface area contributed by atoms with Crippen molar-refractivity contribution in [3.63, 3.8) is 0 Å². The number of H-pyrrole nitrogens is 1. The molecule has 2 N–H and O–H groups in total. The van der Waals surface area contributed by atoms with E-state index < -0.39 is 32.3 Å². The number of nitrogens with one attached hydrogen (secondary N) is 1. The molecule has 1 heterocycles. The molecule has 19 heavy (non-hydrogen) atoms. The van der Waals surface area contributed by atoms with Crippen LogP contribution in [0.25, 0.3) is 0 Å². The highest BCUT2D eigenvalue weighted by Crippen LogP contribution is 2.20. The molecule has 6 nitrogen and oxygen atoms in total. The summed E-state index contributed by atoms with van der Waals surface area (Å²) in [6, 6.07) is 4.05. The molecule has 100 valence electrons. The average Bonchev–Trinajstić information content (AvgIpc) is 2.31. The first kappa shape index (κ1) is 13.2. The number of benzene rings is 1. The predicted octanol–water partition coefficient (Wildman–Crippen LogP) is 0.756. The Morgan fingerprint density at radius 2 is 2.00 bits per heavy atom. The van der Waals surface area contributed by atoms with Gasteiger partial charge in [-0.3, -0.25) is 9.78 Å². The summed E-state index contributed by atoms with van der Waals surface area (Å²) in [5, 5.41) is 8.40. The van der Waals surface area contributed by atoms with Crippen LogP contribution in [0.5, 0.6) is 5.88 Å². The maximum Gasteiger partial charge on any atom is 0.255 e. The van der Waals surface area contributed by atoms with Gasteiger partial charge in [0.05, 0.1) is 11.0 Å². The Kier molecular flexibility index (Phi) is 3.11. The number of aromatic hydroxyl groups is 1. The summed E-state index contributed by atoms with van der Waals surface area (Å²) in [5.41, 5.74) is -0.532. The van der Waals surface area contributed by atoms with Gasteiger partial charge in [0.15, 0.2) is 0 Å². The summed E-state index contributed by atoms with van der Waals surface area (Å²) in [6.45, 7) is 1.49.